The Hall–Kier alpha value is -2.63. The molecule has 0 saturated carbocycles. The minimum atomic E-state index is -0.152. The summed E-state index contributed by atoms with van der Waals surface area (Å²) in [5, 5.41) is 9.63. The molecule has 0 saturated heterocycles. The van der Waals surface area contributed by atoms with Gasteiger partial charge in [0.05, 0.1) is 23.1 Å². The maximum atomic E-state index is 12.1. The van der Waals surface area contributed by atoms with Gasteiger partial charge in [0.25, 0.3) is 5.91 Å². The van der Waals surface area contributed by atoms with Gasteiger partial charge in [-0.05, 0) is 25.5 Å². The van der Waals surface area contributed by atoms with Crippen molar-refractivity contribution < 1.29 is 9.59 Å². The third kappa shape index (κ3) is 3.68. The number of benzene rings is 1. The number of carbonyl (C=O) groups excluding carboxylic acids is 2. The quantitative estimate of drug-likeness (QED) is 0.590. The van der Waals surface area contributed by atoms with E-state index >= 15 is 0 Å². The second-order valence-electron chi connectivity index (χ2n) is 4.57. The van der Waals surface area contributed by atoms with Crippen molar-refractivity contribution in [2.45, 2.75) is 13.3 Å². The Kier molecular flexibility index (Phi) is 5.09. The van der Waals surface area contributed by atoms with Gasteiger partial charge in [-0.2, -0.15) is 5.10 Å². The summed E-state index contributed by atoms with van der Waals surface area (Å²) in [6, 6.07) is 9.66. The molecule has 0 atom stereocenters. The Morgan fingerprint density at radius 2 is 2.05 bits per heavy atom. The summed E-state index contributed by atoms with van der Waals surface area (Å²) in [6.45, 7) is 2.92. The molecule has 2 rings (SSSR count). The van der Waals surface area contributed by atoms with Crippen molar-refractivity contribution in [2.24, 2.45) is 0 Å². The van der Waals surface area contributed by atoms with Crippen LogP contribution < -0.4 is 10.6 Å². The molecule has 2 aromatic rings. The van der Waals surface area contributed by atoms with E-state index in [4.69, 9.17) is 0 Å². The minimum Gasteiger partial charge on any atom is -0.359 e. The zero-order valence-electron chi connectivity index (χ0n) is 11.9. The molecule has 0 fully saturated rings. The Labute approximate surface area is 123 Å². The van der Waals surface area contributed by atoms with E-state index in [9.17, 15) is 9.59 Å². The lowest BCUT2D eigenvalue weighted by atomic mass is 10.2. The average Bonchev–Trinajstić information content (AvgIpc) is 2.89. The van der Waals surface area contributed by atoms with E-state index in [-0.39, 0.29) is 5.91 Å². The predicted octanol–water partition coefficient (Wildman–Crippen LogP) is 1.05. The highest BCUT2D eigenvalue weighted by Crippen LogP contribution is 2.13. The van der Waals surface area contributed by atoms with Crippen molar-refractivity contribution in [3.63, 3.8) is 0 Å². The van der Waals surface area contributed by atoms with Gasteiger partial charge in [-0.25, -0.2) is 4.68 Å². The first kappa shape index (κ1) is 14.8. The Morgan fingerprint density at radius 3 is 2.76 bits per heavy atom. The van der Waals surface area contributed by atoms with Crippen LogP contribution in [0.5, 0.6) is 0 Å². The molecule has 2 N–H and O–H groups in total. The zero-order chi connectivity index (χ0) is 15.1. The number of nitrogens with one attached hydrogen (secondary N) is 2. The molecule has 0 aliphatic rings. The molecule has 21 heavy (non-hydrogen) atoms. The van der Waals surface area contributed by atoms with E-state index in [0.717, 1.165) is 11.4 Å². The smallest absolute Gasteiger partial charge is 0.254 e. The van der Waals surface area contributed by atoms with Gasteiger partial charge in [-0.1, -0.05) is 18.2 Å². The molecular formula is C15H18N4O2. The lowest BCUT2D eigenvalue weighted by molar-refractivity contribution is -0.109. The fraction of sp³-hybridized carbons (Fsp3) is 0.267. The monoisotopic (exact) mass is 286 g/mol. The molecule has 1 heterocycles. The fourth-order valence-corrected chi connectivity index (χ4v) is 2.01. The lowest BCUT2D eigenvalue weighted by Gasteiger charge is -2.06. The molecule has 6 heteroatoms. The van der Waals surface area contributed by atoms with E-state index in [0.29, 0.717) is 31.5 Å². The van der Waals surface area contributed by atoms with E-state index in [1.54, 1.807) is 10.9 Å². The highest BCUT2D eigenvalue weighted by Gasteiger charge is 2.14. The molecule has 0 radical (unpaired) electrons. The SMILES string of the molecule is Cc1c(C(=O)NCCCNC=O)cnn1-c1ccccc1. The van der Waals surface area contributed by atoms with E-state index in [2.05, 4.69) is 15.7 Å². The second-order valence-corrected chi connectivity index (χ2v) is 4.57. The van der Waals surface area contributed by atoms with Crippen LogP contribution in [-0.4, -0.2) is 35.2 Å². The summed E-state index contributed by atoms with van der Waals surface area (Å²) in [5.74, 6) is -0.152. The minimum absolute atomic E-state index is 0.152. The molecule has 6 nitrogen and oxygen atoms in total. The van der Waals surface area contributed by atoms with Gasteiger partial charge in [0.15, 0.2) is 0 Å². The topological polar surface area (TPSA) is 76.0 Å². The molecule has 0 unspecified atom stereocenters. The van der Waals surface area contributed by atoms with Gasteiger partial charge in [-0.15, -0.1) is 0 Å². The number of nitrogens with zero attached hydrogens (tertiary/aromatic N) is 2. The first-order valence-electron chi connectivity index (χ1n) is 6.79. The molecule has 0 bridgehead atoms. The fourth-order valence-electron chi connectivity index (χ4n) is 2.01. The number of carbonyl (C=O) groups is 2. The summed E-state index contributed by atoms with van der Waals surface area (Å²) in [5.41, 5.74) is 2.27. The third-order valence-corrected chi connectivity index (χ3v) is 3.12. The number of amides is 2. The van der Waals surface area contributed by atoms with Crippen molar-refractivity contribution >= 4 is 12.3 Å². The first-order valence-corrected chi connectivity index (χ1v) is 6.79. The van der Waals surface area contributed by atoms with Crippen LogP contribution in [0.25, 0.3) is 5.69 Å². The number of hydrogen-bond acceptors (Lipinski definition) is 3. The lowest BCUT2D eigenvalue weighted by Crippen LogP contribution is -2.27. The number of hydrogen-bond donors (Lipinski definition) is 2. The first-order chi connectivity index (χ1) is 10.2. The molecule has 1 aromatic carbocycles. The largest absolute Gasteiger partial charge is 0.359 e. The Balaban J connectivity index is 2.00. The summed E-state index contributed by atoms with van der Waals surface area (Å²) in [4.78, 5) is 22.2. The van der Waals surface area contributed by atoms with Crippen molar-refractivity contribution in [3.8, 4) is 5.69 Å². The average molecular weight is 286 g/mol. The van der Waals surface area contributed by atoms with E-state index in [1.165, 1.54) is 0 Å². The second kappa shape index (κ2) is 7.23. The predicted molar refractivity (Wildman–Crippen MR) is 79.3 cm³/mol. The third-order valence-electron chi connectivity index (χ3n) is 3.12. The van der Waals surface area contributed by atoms with E-state index in [1.807, 2.05) is 37.3 Å². The van der Waals surface area contributed by atoms with Gasteiger partial charge in [0.2, 0.25) is 6.41 Å². The van der Waals surface area contributed by atoms with Crippen LogP contribution >= 0.6 is 0 Å². The van der Waals surface area contributed by atoms with Gasteiger partial charge in [0.1, 0.15) is 0 Å². The molecule has 2 amide bonds. The highest BCUT2D eigenvalue weighted by molar-refractivity contribution is 5.95. The highest BCUT2D eigenvalue weighted by atomic mass is 16.1. The van der Waals surface area contributed by atoms with Crippen LogP contribution in [-0.2, 0) is 4.79 Å². The summed E-state index contributed by atoms with van der Waals surface area (Å²) < 4.78 is 1.74. The van der Waals surface area contributed by atoms with Gasteiger partial charge in [0, 0.05) is 13.1 Å². The van der Waals surface area contributed by atoms with Crippen LogP contribution in [0.2, 0.25) is 0 Å². The zero-order valence-corrected chi connectivity index (χ0v) is 11.9. The van der Waals surface area contributed by atoms with E-state index < -0.39 is 0 Å². The molecular weight excluding hydrogens is 268 g/mol. The summed E-state index contributed by atoms with van der Waals surface area (Å²) in [7, 11) is 0. The maximum absolute atomic E-state index is 12.1. The van der Waals surface area contributed by atoms with Gasteiger partial charge >= 0.3 is 0 Å². The summed E-state index contributed by atoms with van der Waals surface area (Å²) in [6.07, 6.45) is 2.91. The van der Waals surface area contributed by atoms with Crippen LogP contribution in [0.4, 0.5) is 0 Å². The molecule has 0 spiro atoms. The number of aromatic nitrogens is 2. The summed E-state index contributed by atoms with van der Waals surface area (Å²) >= 11 is 0. The van der Waals surface area contributed by atoms with Crippen molar-refractivity contribution in [3.05, 3.63) is 47.8 Å². The van der Waals surface area contributed by atoms with Crippen LogP contribution in [0, 0.1) is 6.92 Å². The Bertz CT molecular complexity index is 607. The van der Waals surface area contributed by atoms with Crippen LogP contribution in [0.15, 0.2) is 36.5 Å². The number of para-hydroxylation sites is 1. The van der Waals surface area contributed by atoms with Gasteiger partial charge in [-0.3, -0.25) is 9.59 Å². The molecule has 110 valence electrons. The molecule has 1 aromatic heterocycles. The van der Waals surface area contributed by atoms with Crippen LogP contribution in [0.1, 0.15) is 22.5 Å². The van der Waals surface area contributed by atoms with Crippen molar-refractivity contribution in [1.82, 2.24) is 20.4 Å². The molecule has 0 aliphatic carbocycles. The van der Waals surface area contributed by atoms with Gasteiger partial charge < -0.3 is 10.6 Å². The maximum Gasteiger partial charge on any atom is 0.254 e. The normalized spacial score (nSPS) is 10.1. The molecule has 0 aliphatic heterocycles. The van der Waals surface area contributed by atoms with Crippen molar-refractivity contribution in [1.29, 1.82) is 0 Å². The van der Waals surface area contributed by atoms with Crippen LogP contribution in [0.3, 0.4) is 0 Å². The number of rotatable bonds is 7. The Morgan fingerprint density at radius 1 is 1.29 bits per heavy atom. The standard InChI is InChI=1S/C15H18N4O2/c1-12-14(15(21)17-9-5-8-16-11-20)10-18-19(12)13-6-3-2-4-7-13/h2-4,6-7,10-11H,5,8-9H2,1H3,(H,16,20)(H,17,21). The van der Waals surface area contributed by atoms with Crippen molar-refractivity contribution in [2.75, 3.05) is 13.1 Å².